The first-order chi connectivity index (χ1) is 7.63. The van der Waals surface area contributed by atoms with E-state index in [1.807, 2.05) is 0 Å². The minimum Gasteiger partial charge on any atom is -0.243 e. The highest BCUT2D eigenvalue weighted by Crippen LogP contribution is 2.22. The lowest BCUT2D eigenvalue weighted by Crippen LogP contribution is -2.40. The molecule has 2 nitrogen and oxygen atoms in total. The van der Waals surface area contributed by atoms with Gasteiger partial charge in [-0.25, -0.2) is 8.51 Å². The third kappa shape index (κ3) is 4.96. The maximum atomic E-state index is 12.1. The zero-order valence-electron chi connectivity index (χ0n) is 11.1. The van der Waals surface area contributed by atoms with Gasteiger partial charge in [-0.05, 0) is 24.7 Å². The molecule has 1 fully saturated rings. The Morgan fingerprint density at radius 2 is 1.75 bits per heavy atom. The number of hydrogen-bond donors (Lipinski definition) is 0. The van der Waals surface area contributed by atoms with Crippen molar-refractivity contribution in [1.29, 1.82) is 0 Å². The smallest absolute Gasteiger partial charge is 0.0942 e. The highest BCUT2D eigenvalue weighted by Gasteiger charge is 2.24. The molecular weight excluding hydrogens is 218 g/mol. The zero-order chi connectivity index (χ0) is 12.0. The zero-order valence-corrected chi connectivity index (χ0v) is 11.9. The van der Waals surface area contributed by atoms with E-state index in [2.05, 4.69) is 25.1 Å². The van der Waals surface area contributed by atoms with Crippen LogP contribution in [-0.2, 0) is 11.0 Å². The van der Waals surface area contributed by atoms with Crippen molar-refractivity contribution in [2.45, 2.75) is 52.9 Å². The third-order valence-electron chi connectivity index (χ3n) is 3.30. The Morgan fingerprint density at radius 3 is 2.31 bits per heavy atom. The van der Waals surface area contributed by atoms with Gasteiger partial charge in [-0.1, -0.05) is 40.0 Å². The van der Waals surface area contributed by atoms with Crippen molar-refractivity contribution in [3.63, 3.8) is 0 Å². The molecule has 0 aromatic carbocycles. The molecule has 0 spiro atoms. The summed E-state index contributed by atoms with van der Waals surface area (Å²) in [5, 5.41) is 0. The van der Waals surface area contributed by atoms with E-state index in [1.54, 1.807) is 0 Å². The summed E-state index contributed by atoms with van der Waals surface area (Å²) in [7, 11) is -0.718. The maximum absolute atomic E-state index is 12.1. The predicted molar refractivity (Wildman–Crippen MR) is 71.7 cm³/mol. The third-order valence-corrected chi connectivity index (χ3v) is 4.81. The average Bonchev–Trinajstić information content (AvgIpc) is 2.22. The van der Waals surface area contributed by atoms with Gasteiger partial charge < -0.3 is 0 Å². The molecule has 1 saturated heterocycles. The molecular formula is C13H27NOS. The molecule has 0 radical (unpaired) electrons. The first-order valence-corrected chi connectivity index (χ1v) is 8.04. The van der Waals surface area contributed by atoms with Gasteiger partial charge in [-0.15, -0.1) is 0 Å². The van der Waals surface area contributed by atoms with Crippen molar-refractivity contribution in [2.75, 3.05) is 18.8 Å². The molecule has 16 heavy (non-hydrogen) atoms. The van der Waals surface area contributed by atoms with Crippen LogP contribution in [0.2, 0.25) is 0 Å². The predicted octanol–water partition coefficient (Wildman–Crippen LogP) is 3.21. The lowest BCUT2D eigenvalue weighted by molar-refractivity contribution is 0.230. The lowest BCUT2D eigenvalue weighted by atomic mass is 9.94. The van der Waals surface area contributed by atoms with Gasteiger partial charge in [0.05, 0.1) is 11.0 Å². The summed E-state index contributed by atoms with van der Waals surface area (Å²) in [6.07, 6.45) is 6.19. The summed E-state index contributed by atoms with van der Waals surface area (Å²) in [5.41, 5.74) is 0. The quantitative estimate of drug-likeness (QED) is 0.658. The van der Waals surface area contributed by atoms with Crippen molar-refractivity contribution in [2.24, 2.45) is 11.8 Å². The van der Waals surface area contributed by atoms with Crippen LogP contribution in [0.3, 0.4) is 0 Å². The van der Waals surface area contributed by atoms with Crippen LogP contribution in [-0.4, -0.2) is 27.4 Å². The molecule has 1 aliphatic rings. The number of hydrogen-bond acceptors (Lipinski definition) is 1. The molecule has 96 valence electrons. The monoisotopic (exact) mass is 245 g/mol. The molecule has 0 N–H and O–H groups in total. The van der Waals surface area contributed by atoms with Crippen molar-refractivity contribution in [1.82, 2.24) is 4.31 Å². The van der Waals surface area contributed by atoms with Crippen LogP contribution < -0.4 is 0 Å². The number of nitrogens with zero attached hydrogens (tertiary/aromatic N) is 1. The van der Waals surface area contributed by atoms with Gasteiger partial charge in [0.2, 0.25) is 0 Å². The fraction of sp³-hybridized carbons (Fsp3) is 1.00. The summed E-state index contributed by atoms with van der Waals surface area (Å²) >= 11 is 0. The van der Waals surface area contributed by atoms with Gasteiger partial charge in [0, 0.05) is 18.8 Å². The van der Waals surface area contributed by atoms with Gasteiger partial charge in [0.1, 0.15) is 0 Å². The first-order valence-electron chi connectivity index (χ1n) is 6.77. The molecule has 3 unspecified atom stereocenters. The second kappa shape index (κ2) is 7.44. The first kappa shape index (κ1) is 14.2. The summed E-state index contributed by atoms with van der Waals surface area (Å²) in [4.78, 5) is 0. The van der Waals surface area contributed by atoms with E-state index >= 15 is 0 Å². The van der Waals surface area contributed by atoms with E-state index in [0.717, 1.165) is 25.3 Å². The molecule has 3 atom stereocenters. The van der Waals surface area contributed by atoms with Crippen LogP contribution in [0.4, 0.5) is 0 Å². The molecule has 0 aromatic heterocycles. The Balaban J connectivity index is 2.24. The Kier molecular flexibility index (Phi) is 6.59. The van der Waals surface area contributed by atoms with E-state index in [1.165, 1.54) is 25.7 Å². The minimum atomic E-state index is -0.718. The van der Waals surface area contributed by atoms with Crippen LogP contribution in [0.25, 0.3) is 0 Å². The largest absolute Gasteiger partial charge is 0.243 e. The van der Waals surface area contributed by atoms with Crippen LogP contribution >= 0.6 is 0 Å². The fourth-order valence-electron chi connectivity index (χ4n) is 2.55. The van der Waals surface area contributed by atoms with Gasteiger partial charge in [-0.2, -0.15) is 0 Å². The molecule has 1 aliphatic heterocycles. The summed E-state index contributed by atoms with van der Waals surface area (Å²) in [6, 6.07) is 0. The van der Waals surface area contributed by atoms with Crippen LogP contribution in [0, 0.1) is 11.8 Å². The molecule has 0 saturated carbocycles. The standard InChI is InChI=1S/C13H27NOS/c1-4-5-6-7-8-16(15)14-10-12(2)9-13(3)11-14/h12-13H,4-11H2,1-3H3. The van der Waals surface area contributed by atoms with E-state index in [-0.39, 0.29) is 0 Å². The number of piperidine rings is 1. The van der Waals surface area contributed by atoms with Crippen molar-refractivity contribution in [3.8, 4) is 0 Å². The van der Waals surface area contributed by atoms with Gasteiger partial charge in [-0.3, -0.25) is 0 Å². The molecule has 3 heteroatoms. The van der Waals surface area contributed by atoms with Crippen LogP contribution in [0.15, 0.2) is 0 Å². The summed E-state index contributed by atoms with van der Waals surface area (Å²) in [5.74, 6) is 2.30. The van der Waals surface area contributed by atoms with Crippen LogP contribution in [0.1, 0.15) is 52.9 Å². The normalized spacial score (nSPS) is 29.2. The van der Waals surface area contributed by atoms with Gasteiger partial charge in [0.25, 0.3) is 0 Å². The fourth-order valence-corrected chi connectivity index (χ4v) is 4.10. The Hall–Kier alpha value is 0.110. The Bertz CT molecular complexity index is 210. The highest BCUT2D eigenvalue weighted by atomic mass is 32.2. The number of unbranched alkanes of at least 4 members (excludes halogenated alkanes) is 3. The van der Waals surface area contributed by atoms with Crippen LogP contribution in [0.5, 0.6) is 0 Å². The highest BCUT2D eigenvalue weighted by molar-refractivity contribution is 7.82. The van der Waals surface area contributed by atoms with E-state index in [0.29, 0.717) is 11.8 Å². The number of rotatable bonds is 6. The molecule has 0 bridgehead atoms. The topological polar surface area (TPSA) is 20.3 Å². The molecule has 1 rings (SSSR count). The SMILES string of the molecule is CCCCCCS(=O)N1CC(C)CC(C)C1. The van der Waals surface area contributed by atoms with Gasteiger partial charge in [0.15, 0.2) is 0 Å². The molecule has 1 heterocycles. The minimum absolute atomic E-state index is 0.711. The average molecular weight is 245 g/mol. The second-order valence-corrected chi connectivity index (χ2v) is 6.95. The van der Waals surface area contributed by atoms with Crippen molar-refractivity contribution >= 4 is 11.0 Å². The Labute approximate surface area is 103 Å². The van der Waals surface area contributed by atoms with E-state index in [9.17, 15) is 4.21 Å². The summed E-state index contributed by atoms with van der Waals surface area (Å²) in [6.45, 7) is 8.83. The maximum Gasteiger partial charge on any atom is 0.0942 e. The van der Waals surface area contributed by atoms with Crippen molar-refractivity contribution < 1.29 is 4.21 Å². The van der Waals surface area contributed by atoms with Gasteiger partial charge >= 0.3 is 0 Å². The van der Waals surface area contributed by atoms with E-state index < -0.39 is 11.0 Å². The molecule has 0 aromatic rings. The molecule has 0 amide bonds. The Morgan fingerprint density at radius 1 is 1.12 bits per heavy atom. The molecule has 0 aliphatic carbocycles. The summed E-state index contributed by atoms with van der Waals surface area (Å²) < 4.78 is 14.3. The van der Waals surface area contributed by atoms with E-state index in [4.69, 9.17) is 0 Å². The lowest BCUT2D eigenvalue weighted by Gasteiger charge is -2.33. The van der Waals surface area contributed by atoms with Crippen molar-refractivity contribution in [3.05, 3.63) is 0 Å². The second-order valence-electron chi connectivity index (χ2n) is 5.38.